The van der Waals surface area contributed by atoms with Gasteiger partial charge in [0.2, 0.25) is 5.91 Å². The van der Waals surface area contributed by atoms with Crippen molar-refractivity contribution in [2.75, 3.05) is 26.2 Å². The minimum atomic E-state index is -1.01. The number of nitrogens with zero attached hydrogens (tertiary/aromatic N) is 3. The first-order valence-electron chi connectivity index (χ1n) is 20.5. The standard InChI is InChI=1S/C28H25Br2ClN2O3.C19H19Br2ClN2/c29-20-11-19-6-5-18-12-21(31)14-23(30)25(18)26(27(19)32-15-20)16-7-9-33(10-8-16)24(34)13-17-3-1-2-4-22(17)28(35)36;20-14-7-13-2-1-12-8-15(22)9-16(21)17(12)18(19(13)24-10-14)11-3-5-23-6-4-11/h1-4,11-12,14-16,26H,5-10,13H2,(H,35,36);7-11,18,23H,1-6H2/t26-;18-/m11/s1. The zero-order valence-corrected chi connectivity index (χ0v) is 40.7. The lowest BCUT2D eigenvalue weighted by atomic mass is 9.76. The topological polar surface area (TPSA) is 95.4 Å². The number of aryl methyl sites for hydroxylation is 4. The molecule has 2 atom stereocenters. The summed E-state index contributed by atoms with van der Waals surface area (Å²) in [4.78, 5) is 36.3. The molecule has 60 heavy (non-hydrogen) atoms. The van der Waals surface area contributed by atoms with E-state index in [-0.39, 0.29) is 23.8 Å². The van der Waals surface area contributed by atoms with Crippen LogP contribution in [0.4, 0.5) is 0 Å². The molecule has 2 fully saturated rings. The van der Waals surface area contributed by atoms with Crippen LogP contribution >= 0.6 is 86.9 Å². The maximum atomic E-state index is 13.1. The second-order valence-electron chi connectivity index (χ2n) is 16.2. The van der Waals surface area contributed by atoms with Gasteiger partial charge in [-0.25, -0.2) is 4.79 Å². The summed E-state index contributed by atoms with van der Waals surface area (Å²) in [5.41, 5.74) is 11.0. The largest absolute Gasteiger partial charge is 0.478 e. The SMILES string of the molecule is Clc1cc(Br)c2c(c1)CCc1cc(Br)cnc1[C@@H]2C1CCNCC1.O=C(O)c1ccccc1CC(=O)N1CCC([C@H]2c3ncc(Br)cc3CCc3cc(Cl)cc(Br)c32)CC1. The van der Waals surface area contributed by atoms with Gasteiger partial charge in [-0.1, -0.05) is 73.3 Å². The van der Waals surface area contributed by atoms with Crippen LogP contribution in [0.1, 0.15) is 98.2 Å². The number of hydrogen-bond acceptors (Lipinski definition) is 5. The molecule has 0 unspecified atom stereocenters. The number of amides is 1. The van der Waals surface area contributed by atoms with Gasteiger partial charge in [0.05, 0.1) is 23.4 Å². The third-order valence-electron chi connectivity index (χ3n) is 12.6. The second-order valence-corrected chi connectivity index (χ2v) is 20.6. The predicted molar refractivity (Wildman–Crippen MR) is 253 cm³/mol. The fourth-order valence-corrected chi connectivity index (χ4v) is 12.9. The minimum absolute atomic E-state index is 0.0289. The van der Waals surface area contributed by atoms with Gasteiger partial charge in [0.25, 0.3) is 0 Å². The number of carbonyl (C=O) groups excluding carboxylic acids is 1. The molecule has 0 bridgehead atoms. The number of aromatic nitrogens is 2. The number of fused-ring (bicyclic) bond motifs is 4. The van der Waals surface area contributed by atoms with Crippen molar-refractivity contribution >= 4 is 98.8 Å². The van der Waals surface area contributed by atoms with Crippen molar-refractivity contribution in [2.45, 2.75) is 69.6 Å². The normalized spacial score (nSPS) is 19.1. The fraction of sp³-hybridized carbons (Fsp3) is 0.362. The number of aromatic carboxylic acids is 1. The van der Waals surface area contributed by atoms with E-state index in [9.17, 15) is 14.7 Å². The van der Waals surface area contributed by atoms with Gasteiger partial charge < -0.3 is 15.3 Å². The van der Waals surface area contributed by atoms with Crippen molar-refractivity contribution in [1.82, 2.24) is 20.2 Å². The highest BCUT2D eigenvalue weighted by atomic mass is 79.9. The maximum absolute atomic E-state index is 13.1. The average Bonchev–Trinajstić information content (AvgIpc) is 3.49. The predicted octanol–water partition coefficient (Wildman–Crippen LogP) is 12.2. The number of halogens is 6. The van der Waals surface area contributed by atoms with Crippen LogP contribution in [-0.2, 0) is 36.9 Å². The van der Waals surface area contributed by atoms with Crippen molar-refractivity contribution in [3.8, 4) is 0 Å². The van der Waals surface area contributed by atoms with E-state index in [0.29, 0.717) is 36.4 Å². The molecule has 4 aliphatic rings. The van der Waals surface area contributed by atoms with Crippen molar-refractivity contribution in [1.29, 1.82) is 0 Å². The number of carbonyl (C=O) groups is 2. The summed E-state index contributed by atoms with van der Waals surface area (Å²) in [5, 5.41) is 14.5. The van der Waals surface area contributed by atoms with Crippen molar-refractivity contribution in [3.05, 3.63) is 157 Å². The number of piperidine rings is 2. The molecule has 13 heteroatoms. The Morgan fingerprint density at radius 3 is 1.68 bits per heavy atom. The van der Waals surface area contributed by atoms with Crippen LogP contribution in [0.25, 0.3) is 0 Å². The van der Waals surface area contributed by atoms with Gasteiger partial charge in [-0.2, -0.15) is 0 Å². The molecular weight excluding hydrogens is 1060 g/mol. The van der Waals surface area contributed by atoms with E-state index in [1.807, 2.05) is 29.4 Å². The fourth-order valence-electron chi connectivity index (χ4n) is 9.88. The molecular formula is C47H44Br4Cl2N4O3. The number of hydrogen-bond donors (Lipinski definition) is 2. The van der Waals surface area contributed by atoms with Crippen LogP contribution in [0.15, 0.2) is 90.9 Å². The minimum Gasteiger partial charge on any atom is -0.478 e. The van der Waals surface area contributed by atoms with E-state index in [0.717, 1.165) is 85.2 Å². The Balaban J connectivity index is 0.000000180. The van der Waals surface area contributed by atoms with Crippen molar-refractivity contribution < 1.29 is 14.7 Å². The number of carboxylic acids is 1. The zero-order chi connectivity index (χ0) is 42.1. The summed E-state index contributed by atoms with van der Waals surface area (Å²) < 4.78 is 4.18. The van der Waals surface area contributed by atoms with E-state index in [1.54, 1.807) is 24.3 Å². The summed E-state index contributed by atoms with van der Waals surface area (Å²) in [6.07, 6.45) is 11.8. The number of benzene rings is 3. The molecule has 9 rings (SSSR count). The smallest absolute Gasteiger partial charge is 0.335 e. The summed E-state index contributed by atoms with van der Waals surface area (Å²) >= 11 is 27.5. The first kappa shape index (κ1) is 44.0. The molecule has 312 valence electrons. The van der Waals surface area contributed by atoms with E-state index in [2.05, 4.69) is 93.3 Å². The molecule has 0 saturated carbocycles. The monoisotopic (exact) mass is 1100 g/mol. The number of likely N-dealkylation sites (tertiary alicyclic amines) is 1. The molecule has 2 saturated heterocycles. The van der Waals surface area contributed by atoms with E-state index >= 15 is 0 Å². The van der Waals surface area contributed by atoms with Gasteiger partial charge in [-0.05, 0) is 190 Å². The molecule has 2 aliphatic carbocycles. The van der Waals surface area contributed by atoms with Gasteiger partial charge >= 0.3 is 5.97 Å². The van der Waals surface area contributed by atoms with E-state index in [1.165, 1.54) is 51.9 Å². The zero-order valence-electron chi connectivity index (χ0n) is 32.8. The van der Waals surface area contributed by atoms with Gasteiger partial charge in [-0.3, -0.25) is 14.8 Å². The first-order chi connectivity index (χ1) is 28.9. The molecule has 2 aliphatic heterocycles. The summed E-state index contributed by atoms with van der Waals surface area (Å²) in [6, 6.07) is 19.4. The third kappa shape index (κ3) is 9.63. The van der Waals surface area contributed by atoms with Gasteiger partial charge in [-0.15, -0.1) is 0 Å². The molecule has 0 spiro atoms. The number of nitrogens with one attached hydrogen (secondary N) is 1. The van der Waals surface area contributed by atoms with Crippen LogP contribution < -0.4 is 5.32 Å². The second kappa shape index (κ2) is 19.4. The third-order valence-corrected chi connectivity index (χ3v) is 15.3. The van der Waals surface area contributed by atoms with Crippen molar-refractivity contribution in [3.63, 3.8) is 0 Å². The highest BCUT2D eigenvalue weighted by molar-refractivity contribution is 9.11. The number of carboxylic acid groups (broad SMARTS) is 1. The van der Waals surface area contributed by atoms with E-state index < -0.39 is 5.97 Å². The summed E-state index contributed by atoms with van der Waals surface area (Å²) in [5.74, 6) is 0.364. The van der Waals surface area contributed by atoms with Crippen LogP contribution in [0, 0.1) is 11.8 Å². The number of rotatable bonds is 5. The Hall–Kier alpha value is -2.64. The highest BCUT2D eigenvalue weighted by Gasteiger charge is 2.37. The molecule has 2 N–H and O–H groups in total. The quantitative estimate of drug-likeness (QED) is 0.182. The summed E-state index contributed by atoms with van der Waals surface area (Å²) in [7, 11) is 0. The van der Waals surface area contributed by atoms with Crippen LogP contribution in [-0.4, -0.2) is 58.0 Å². The Morgan fingerprint density at radius 2 is 1.17 bits per heavy atom. The average molecular weight is 1100 g/mol. The van der Waals surface area contributed by atoms with Crippen LogP contribution in [0.5, 0.6) is 0 Å². The Labute approximate surface area is 395 Å². The Kier molecular flexibility index (Phi) is 14.2. The van der Waals surface area contributed by atoms with Crippen molar-refractivity contribution in [2.24, 2.45) is 11.8 Å². The molecule has 1 amide bonds. The number of pyridine rings is 2. The van der Waals surface area contributed by atoms with Crippen LogP contribution in [0.3, 0.4) is 0 Å². The Bertz CT molecular complexity index is 2440. The molecule has 5 aromatic rings. The van der Waals surface area contributed by atoms with E-state index in [4.69, 9.17) is 33.2 Å². The maximum Gasteiger partial charge on any atom is 0.335 e. The summed E-state index contributed by atoms with van der Waals surface area (Å²) in [6.45, 7) is 3.46. The molecule has 2 aromatic heterocycles. The van der Waals surface area contributed by atoms with Gasteiger partial charge in [0, 0.05) is 65.3 Å². The lowest BCUT2D eigenvalue weighted by Gasteiger charge is -2.37. The lowest BCUT2D eigenvalue weighted by molar-refractivity contribution is -0.131. The first-order valence-corrected chi connectivity index (χ1v) is 24.4. The molecule has 0 radical (unpaired) electrons. The van der Waals surface area contributed by atoms with Gasteiger partial charge in [0.15, 0.2) is 0 Å². The highest BCUT2D eigenvalue weighted by Crippen LogP contribution is 2.47. The molecule has 4 heterocycles. The molecule has 7 nitrogen and oxygen atoms in total. The van der Waals surface area contributed by atoms with Crippen LogP contribution in [0.2, 0.25) is 10.0 Å². The Morgan fingerprint density at radius 1 is 0.683 bits per heavy atom. The van der Waals surface area contributed by atoms with Gasteiger partial charge in [0.1, 0.15) is 0 Å². The lowest BCUT2D eigenvalue weighted by Crippen LogP contribution is -2.41. The molecule has 3 aromatic carbocycles.